The molecular formula is C27H32N4O2. The molecule has 0 radical (unpaired) electrons. The van der Waals surface area contributed by atoms with Gasteiger partial charge in [0.15, 0.2) is 0 Å². The number of nitrogens with zero attached hydrogens (tertiary/aromatic N) is 2. The summed E-state index contributed by atoms with van der Waals surface area (Å²) in [5.74, 6) is 0.0151. The van der Waals surface area contributed by atoms with Crippen LogP contribution in [0.4, 0.5) is 0 Å². The predicted octanol–water partition coefficient (Wildman–Crippen LogP) is 3.57. The second-order valence-corrected chi connectivity index (χ2v) is 9.45. The first kappa shape index (κ1) is 21.9. The van der Waals surface area contributed by atoms with Crippen LogP contribution < -0.4 is 5.32 Å². The zero-order chi connectivity index (χ0) is 22.8. The fourth-order valence-electron chi connectivity index (χ4n) is 5.25. The van der Waals surface area contributed by atoms with Crippen LogP contribution in [-0.4, -0.2) is 45.2 Å². The van der Waals surface area contributed by atoms with E-state index >= 15 is 0 Å². The van der Waals surface area contributed by atoms with E-state index in [1.807, 2.05) is 49.5 Å². The number of carbonyl (C=O) groups excluding carboxylic acids is 1. The third-order valence-corrected chi connectivity index (χ3v) is 7.11. The molecule has 6 heteroatoms. The van der Waals surface area contributed by atoms with Crippen LogP contribution in [0.5, 0.6) is 0 Å². The number of benzene rings is 2. The molecule has 0 unspecified atom stereocenters. The van der Waals surface area contributed by atoms with Crippen molar-refractivity contribution in [3.05, 3.63) is 88.2 Å². The van der Waals surface area contributed by atoms with E-state index < -0.39 is 6.10 Å². The molecular weight excluding hydrogens is 412 g/mol. The molecule has 1 aromatic heterocycles. The molecule has 5 rings (SSSR count). The minimum atomic E-state index is -0.484. The summed E-state index contributed by atoms with van der Waals surface area (Å²) in [6.07, 6.45) is 5.67. The van der Waals surface area contributed by atoms with E-state index in [0.29, 0.717) is 18.2 Å². The number of fused-ring (bicyclic) bond motifs is 1. The topological polar surface area (TPSA) is 81.2 Å². The molecule has 2 aromatic carbocycles. The van der Waals surface area contributed by atoms with Crippen molar-refractivity contribution in [2.75, 3.05) is 7.05 Å². The molecule has 0 bridgehead atoms. The molecule has 1 amide bonds. The fourth-order valence-corrected chi connectivity index (χ4v) is 5.25. The standard InChI is InChI=1S/C27H32N4O2/c1-31(17-25-22-8-5-9-23(22)29-30-25)27(33)20-12-10-18(11-13-20)16-21-14-15-24(28-21)26(32)19-6-3-2-4-7-19/h2-4,6-7,10-13,21,24,26,28,32H,5,8-9,14-17H2,1H3,(H,29,30)/t21-,24+,26+/m0/s1. The van der Waals surface area contributed by atoms with E-state index in [1.165, 1.54) is 16.8 Å². The number of carbonyl (C=O) groups is 1. The number of amides is 1. The van der Waals surface area contributed by atoms with Gasteiger partial charge in [0.1, 0.15) is 0 Å². The Labute approximate surface area is 195 Å². The van der Waals surface area contributed by atoms with Gasteiger partial charge >= 0.3 is 0 Å². The molecule has 2 aliphatic rings. The molecule has 1 aliphatic heterocycles. The number of aliphatic hydroxyl groups excluding tert-OH is 1. The lowest BCUT2D eigenvalue weighted by molar-refractivity contribution is 0.0783. The molecule has 172 valence electrons. The second kappa shape index (κ2) is 9.49. The highest BCUT2D eigenvalue weighted by molar-refractivity contribution is 5.94. The average molecular weight is 445 g/mol. The van der Waals surface area contributed by atoms with E-state index in [0.717, 1.165) is 49.8 Å². The van der Waals surface area contributed by atoms with Crippen LogP contribution in [0.15, 0.2) is 54.6 Å². The zero-order valence-electron chi connectivity index (χ0n) is 19.1. The van der Waals surface area contributed by atoms with Gasteiger partial charge in [-0.25, -0.2) is 0 Å². The average Bonchev–Trinajstić information content (AvgIpc) is 3.58. The van der Waals surface area contributed by atoms with Crippen molar-refractivity contribution in [2.45, 2.75) is 63.3 Å². The monoisotopic (exact) mass is 444 g/mol. The first-order valence-corrected chi connectivity index (χ1v) is 12.0. The fraction of sp³-hybridized carbons (Fsp3) is 0.407. The van der Waals surface area contributed by atoms with Gasteiger partial charge in [-0.2, -0.15) is 5.10 Å². The Morgan fingerprint density at radius 3 is 2.70 bits per heavy atom. The Bertz CT molecular complexity index is 1090. The minimum Gasteiger partial charge on any atom is -0.387 e. The van der Waals surface area contributed by atoms with Crippen LogP contribution in [0, 0.1) is 0 Å². The highest BCUT2D eigenvalue weighted by Crippen LogP contribution is 2.27. The Morgan fingerprint density at radius 1 is 1.12 bits per heavy atom. The number of aliphatic hydroxyl groups is 1. The van der Waals surface area contributed by atoms with E-state index in [1.54, 1.807) is 4.90 Å². The Balaban J connectivity index is 1.15. The molecule has 1 aliphatic carbocycles. The van der Waals surface area contributed by atoms with E-state index in [2.05, 4.69) is 27.6 Å². The van der Waals surface area contributed by atoms with Crippen LogP contribution >= 0.6 is 0 Å². The molecule has 1 saturated heterocycles. The maximum absolute atomic E-state index is 12.9. The van der Waals surface area contributed by atoms with Crippen LogP contribution in [0.2, 0.25) is 0 Å². The van der Waals surface area contributed by atoms with E-state index in [9.17, 15) is 9.90 Å². The highest BCUT2D eigenvalue weighted by Gasteiger charge is 2.30. The molecule has 2 heterocycles. The molecule has 0 saturated carbocycles. The number of rotatable bonds is 7. The van der Waals surface area contributed by atoms with Gasteiger partial charge in [0.05, 0.1) is 18.3 Å². The maximum Gasteiger partial charge on any atom is 0.253 e. The number of nitrogens with one attached hydrogen (secondary N) is 2. The summed E-state index contributed by atoms with van der Waals surface area (Å²) in [4.78, 5) is 14.7. The summed E-state index contributed by atoms with van der Waals surface area (Å²) in [6, 6.07) is 18.2. The van der Waals surface area contributed by atoms with Gasteiger partial charge in [-0.05, 0) is 67.3 Å². The van der Waals surface area contributed by atoms with E-state index in [4.69, 9.17) is 0 Å². The molecule has 3 aromatic rings. The van der Waals surface area contributed by atoms with Gasteiger partial charge < -0.3 is 15.3 Å². The summed E-state index contributed by atoms with van der Waals surface area (Å²) >= 11 is 0. The van der Waals surface area contributed by atoms with Crippen LogP contribution in [0.1, 0.15) is 63.8 Å². The number of aromatic nitrogens is 2. The normalized spacial score (nSPS) is 20.5. The smallest absolute Gasteiger partial charge is 0.253 e. The number of aromatic amines is 1. The van der Waals surface area contributed by atoms with Gasteiger partial charge in [-0.3, -0.25) is 9.89 Å². The number of H-pyrrole nitrogens is 1. The predicted molar refractivity (Wildman–Crippen MR) is 128 cm³/mol. The summed E-state index contributed by atoms with van der Waals surface area (Å²) in [5, 5.41) is 21.8. The Morgan fingerprint density at radius 2 is 1.91 bits per heavy atom. The van der Waals surface area contributed by atoms with Crippen molar-refractivity contribution in [1.29, 1.82) is 0 Å². The largest absolute Gasteiger partial charge is 0.387 e. The lowest BCUT2D eigenvalue weighted by Crippen LogP contribution is -2.35. The van der Waals surface area contributed by atoms with Gasteiger partial charge in [0.25, 0.3) is 5.91 Å². The number of hydrogen-bond acceptors (Lipinski definition) is 4. The first-order valence-electron chi connectivity index (χ1n) is 12.0. The summed E-state index contributed by atoms with van der Waals surface area (Å²) in [6.45, 7) is 0.531. The molecule has 33 heavy (non-hydrogen) atoms. The second-order valence-electron chi connectivity index (χ2n) is 9.45. The summed E-state index contributed by atoms with van der Waals surface area (Å²) in [5.41, 5.74) is 6.38. The van der Waals surface area contributed by atoms with E-state index in [-0.39, 0.29) is 11.9 Å². The van der Waals surface area contributed by atoms with Crippen molar-refractivity contribution in [1.82, 2.24) is 20.4 Å². The van der Waals surface area contributed by atoms with Gasteiger partial charge in [-0.1, -0.05) is 42.5 Å². The molecule has 0 spiro atoms. The number of aryl methyl sites for hydroxylation is 1. The van der Waals surface area contributed by atoms with Gasteiger partial charge in [0, 0.05) is 30.4 Å². The SMILES string of the molecule is CN(Cc1n[nH]c2c1CCC2)C(=O)c1ccc(C[C@@H]2CC[C@H]([C@H](O)c3ccccc3)N2)cc1. The van der Waals surface area contributed by atoms with Crippen LogP contribution in [-0.2, 0) is 25.8 Å². The van der Waals surface area contributed by atoms with Crippen molar-refractivity contribution < 1.29 is 9.90 Å². The van der Waals surface area contributed by atoms with Gasteiger partial charge in [-0.15, -0.1) is 0 Å². The van der Waals surface area contributed by atoms with Crippen molar-refractivity contribution in [3.63, 3.8) is 0 Å². The van der Waals surface area contributed by atoms with Crippen molar-refractivity contribution >= 4 is 5.91 Å². The third-order valence-electron chi connectivity index (χ3n) is 7.11. The Hall–Kier alpha value is -2.96. The Kier molecular flexibility index (Phi) is 6.29. The quantitative estimate of drug-likeness (QED) is 0.520. The highest BCUT2D eigenvalue weighted by atomic mass is 16.3. The minimum absolute atomic E-state index is 0.0151. The number of hydrogen-bond donors (Lipinski definition) is 3. The summed E-state index contributed by atoms with van der Waals surface area (Å²) in [7, 11) is 1.84. The maximum atomic E-state index is 12.9. The van der Waals surface area contributed by atoms with Gasteiger partial charge in [0.2, 0.25) is 0 Å². The zero-order valence-corrected chi connectivity index (χ0v) is 19.1. The summed E-state index contributed by atoms with van der Waals surface area (Å²) < 4.78 is 0. The lowest BCUT2D eigenvalue weighted by atomic mass is 10.0. The van der Waals surface area contributed by atoms with Crippen molar-refractivity contribution in [3.8, 4) is 0 Å². The molecule has 1 fully saturated rings. The van der Waals surface area contributed by atoms with Crippen molar-refractivity contribution in [2.24, 2.45) is 0 Å². The lowest BCUT2D eigenvalue weighted by Gasteiger charge is -2.20. The first-order chi connectivity index (χ1) is 16.1. The van der Waals surface area contributed by atoms with Crippen LogP contribution in [0.3, 0.4) is 0 Å². The molecule has 3 N–H and O–H groups in total. The third kappa shape index (κ3) is 4.72. The molecule has 3 atom stereocenters. The van der Waals surface area contributed by atoms with Crippen LogP contribution in [0.25, 0.3) is 0 Å². The molecule has 6 nitrogen and oxygen atoms in total.